The Morgan fingerprint density at radius 3 is 2.92 bits per heavy atom. The predicted octanol–water partition coefficient (Wildman–Crippen LogP) is 1.32. The van der Waals surface area contributed by atoms with Gasteiger partial charge in [-0.1, -0.05) is 9.61 Å². The van der Waals surface area contributed by atoms with Crippen LogP contribution in [0.1, 0.15) is 11.4 Å². The molecule has 0 atom stereocenters. The second kappa shape index (κ2) is 3.33. The van der Waals surface area contributed by atoms with Gasteiger partial charge in [0.1, 0.15) is 11.2 Å². The van der Waals surface area contributed by atoms with Gasteiger partial charge in [-0.25, -0.2) is 0 Å². The maximum atomic E-state index is 4.32. The van der Waals surface area contributed by atoms with E-state index in [-0.39, 0.29) is 12.4 Å². The van der Waals surface area contributed by atoms with Crippen molar-refractivity contribution in [3.05, 3.63) is 23.0 Å². The van der Waals surface area contributed by atoms with Gasteiger partial charge in [-0.3, -0.25) is 0 Å². The van der Waals surface area contributed by atoms with Gasteiger partial charge in [-0.05, 0) is 16.3 Å². The van der Waals surface area contributed by atoms with E-state index in [0.717, 1.165) is 16.3 Å². The van der Waals surface area contributed by atoms with E-state index >= 15 is 0 Å². The lowest BCUT2D eigenvalue weighted by molar-refractivity contribution is -0.585. The number of rotatable bonds is 0. The van der Waals surface area contributed by atoms with E-state index in [2.05, 4.69) is 10.1 Å². The molecular formula is C7H9ClN3S+. The third-order valence-corrected chi connectivity index (χ3v) is 2.20. The van der Waals surface area contributed by atoms with Gasteiger partial charge in [-0.15, -0.1) is 12.4 Å². The molecule has 2 rings (SSSR count). The number of aromatic nitrogens is 3. The van der Waals surface area contributed by atoms with Gasteiger partial charge in [0.25, 0.3) is 0 Å². The summed E-state index contributed by atoms with van der Waals surface area (Å²) in [5.74, 6) is 0. The molecule has 0 aromatic carbocycles. The minimum absolute atomic E-state index is 0. The van der Waals surface area contributed by atoms with E-state index in [1.54, 1.807) is 16.8 Å². The molecule has 5 heteroatoms. The smallest absolute Gasteiger partial charge is 0.147 e. The SMILES string of the molecule is Cc1cc(C)[n+]2ncsc2n1.Cl. The van der Waals surface area contributed by atoms with Crippen LogP contribution in [0.5, 0.6) is 0 Å². The van der Waals surface area contributed by atoms with Gasteiger partial charge < -0.3 is 0 Å². The topological polar surface area (TPSA) is 29.9 Å². The van der Waals surface area contributed by atoms with Crippen molar-refractivity contribution < 1.29 is 4.52 Å². The average molecular weight is 203 g/mol. The summed E-state index contributed by atoms with van der Waals surface area (Å²) in [7, 11) is 0. The first-order valence-corrected chi connectivity index (χ1v) is 4.25. The molecule has 2 heterocycles. The Bertz CT molecular complexity index is 398. The van der Waals surface area contributed by atoms with Crippen molar-refractivity contribution in [2.24, 2.45) is 0 Å². The first-order valence-electron chi connectivity index (χ1n) is 3.37. The minimum atomic E-state index is 0. The largest absolute Gasteiger partial charge is 0.409 e. The first-order chi connectivity index (χ1) is 5.27. The zero-order valence-electron chi connectivity index (χ0n) is 6.81. The standard InChI is InChI=1S/C7H8N3S.ClH/c1-5-3-6(2)10-7(9-5)11-4-8-10;/h3-4H,1-2H3;1H/q+1;. The van der Waals surface area contributed by atoms with Crippen LogP contribution < -0.4 is 4.52 Å². The number of fused-ring (bicyclic) bond motifs is 1. The molecule has 0 saturated heterocycles. The van der Waals surface area contributed by atoms with Crippen molar-refractivity contribution in [2.45, 2.75) is 13.8 Å². The lowest BCUT2D eigenvalue weighted by atomic mass is 10.4. The second-order valence-corrected chi connectivity index (χ2v) is 3.28. The fraction of sp³-hybridized carbons (Fsp3) is 0.286. The highest BCUT2D eigenvalue weighted by Crippen LogP contribution is 2.02. The molecule has 0 radical (unpaired) electrons. The van der Waals surface area contributed by atoms with Crippen molar-refractivity contribution in [3.8, 4) is 0 Å². The Morgan fingerprint density at radius 2 is 2.17 bits per heavy atom. The van der Waals surface area contributed by atoms with Crippen LogP contribution in [0.2, 0.25) is 0 Å². The highest BCUT2D eigenvalue weighted by molar-refractivity contribution is 7.14. The zero-order chi connectivity index (χ0) is 7.84. The second-order valence-electron chi connectivity index (χ2n) is 2.47. The van der Waals surface area contributed by atoms with Gasteiger partial charge in [0.15, 0.2) is 5.69 Å². The summed E-state index contributed by atoms with van der Waals surface area (Å²) in [5.41, 5.74) is 3.98. The number of aryl methyl sites for hydroxylation is 2. The summed E-state index contributed by atoms with van der Waals surface area (Å²) in [6.45, 7) is 4.02. The van der Waals surface area contributed by atoms with Crippen LogP contribution in [-0.2, 0) is 0 Å². The molecule has 2 aromatic heterocycles. The summed E-state index contributed by atoms with van der Waals surface area (Å²) in [4.78, 5) is 5.28. The summed E-state index contributed by atoms with van der Waals surface area (Å²) in [5, 5.41) is 4.13. The van der Waals surface area contributed by atoms with Crippen molar-refractivity contribution in [2.75, 3.05) is 0 Å². The molecule has 0 amide bonds. The number of nitrogens with zero attached hydrogens (tertiary/aromatic N) is 3. The number of hydrogen-bond donors (Lipinski definition) is 0. The molecule has 0 aliphatic carbocycles. The lowest BCUT2D eigenvalue weighted by Crippen LogP contribution is -2.27. The average Bonchev–Trinajstić information content (AvgIpc) is 2.34. The van der Waals surface area contributed by atoms with Crippen LogP contribution in [0.3, 0.4) is 0 Å². The molecule has 0 spiro atoms. The van der Waals surface area contributed by atoms with Crippen molar-refractivity contribution in [3.63, 3.8) is 0 Å². The Morgan fingerprint density at radius 1 is 1.42 bits per heavy atom. The van der Waals surface area contributed by atoms with Gasteiger partial charge in [0, 0.05) is 19.9 Å². The quantitative estimate of drug-likeness (QED) is 0.603. The summed E-state index contributed by atoms with van der Waals surface area (Å²) in [6, 6.07) is 2.02. The maximum Gasteiger partial charge on any atom is 0.409 e. The van der Waals surface area contributed by atoms with E-state index < -0.39 is 0 Å². The van der Waals surface area contributed by atoms with E-state index in [0.29, 0.717) is 0 Å². The van der Waals surface area contributed by atoms with Crippen molar-refractivity contribution >= 4 is 28.7 Å². The zero-order valence-corrected chi connectivity index (χ0v) is 8.45. The molecule has 0 fully saturated rings. The molecule has 64 valence electrons. The molecule has 0 aliphatic heterocycles. The van der Waals surface area contributed by atoms with E-state index in [1.165, 1.54) is 0 Å². The summed E-state index contributed by atoms with van der Waals surface area (Å²) >= 11 is 1.56. The Labute approximate surface area is 80.5 Å². The van der Waals surface area contributed by atoms with Crippen LogP contribution in [0.15, 0.2) is 11.6 Å². The summed E-state index contributed by atoms with van der Waals surface area (Å²) in [6.07, 6.45) is 0. The van der Waals surface area contributed by atoms with Crippen molar-refractivity contribution in [1.29, 1.82) is 0 Å². The molecule has 0 saturated carbocycles. The third kappa shape index (κ3) is 1.40. The molecule has 0 N–H and O–H groups in total. The fourth-order valence-corrected chi connectivity index (χ4v) is 1.80. The Balaban J connectivity index is 0.000000720. The number of hydrogen-bond acceptors (Lipinski definition) is 3. The Kier molecular flexibility index (Phi) is 2.59. The highest BCUT2D eigenvalue weighted by atomic mass is 35.5. The molecule has 2 aromatic rings. The van der Waals surface area contributed by atoms with Gasteiger partial charge in [0.05, 0.1) is 0 Å². The first kappa shape index (κ1) is 9.35. The summed E-state index contributed by atoms with van der Waals surface area (Å²) < 4.78 is 1.84. The van der Waals surface area contributed by atoms with Gasteiger partial charge in [-0.2, -0.15) is 0 Å². The van der Waals surface area contributed by atoms with E-state index in [4.69, 9.17) is 0 Å². The van der Waals surface area contributed by atoms with Crippen LogP contribution in [0.4, 0.5) is 0 Å². The van der Waals surface area contributed by atoms with E-state index in [1.807, 2.05) is 24.4 Å². The molecule has 3 nitrogen and oxygen atoms in total. The molecule has 0 aliphatic rings. The normalized spacial score (nSPS) is 9.83. The molecule has 0 bridgehead atoms. The maximum absolute atomic E-state index is 4.32. The van der Waals surface area contributed by atoms with Gasteiger partial charge >= 0.3 is 4.96 Å². The van der Waals surface area contributed by atoms with Crippen LogP contribution in [-0.4, -0.2) is 10.1 Å². The lowest BCUT2D eigenvalue weighted by Gasteiger charge is -1.86. The molecular weight excluding hydrogens is 194 g/mol. The van der Waals surface area contributed by atoms with Crippen LogP contribution in [0.25, 0.3) is 4.96 Å². The van der Waals surface area contributed by atoms with Gasteiger partial charge in [0.2, 0.25) is 0 Å². The molecule has 12 heavy (non-hydrogen) atoms. The molecule has 0 unspecified atom stereocenters. The highest BCUT2D eigenvalue weighted by Gasteiger charge is 2.10. The third-order valence-electron chi connectivity index (χ3n) is 1.53. The number of halogens is 1. The van der Waals surface area contributed by atoms with E-state index in [9.17, 15) is 0 Å². The fourth-order valence-electron chi connectivity index (χ4n) is 1.08. The van der Waals surface area contributed by atoms with Crippen LogP contribution >= 0.6 is 23.7 Å². The predicted molar refractivity (Wildman–Crippen MR) is 49.8 cm³/mol. The van der Waals surface area contributed by atoms with Crippen molar-refractivity contribution in [1.82, 2.24) is 10.1 Å². The Hall–Kier alpha value is -0.740. The minimum Gasteiger partial charge on any atom is -0.147 e. The monoisotopic (exact) mass is 202 g/mol. The van der Waals surface area contributed by atoms with Crippen LogP contribution in [0, 0.1) is 13.8 Å².